The molecule has 0 aliphatic carbocycles. The second-order valence-corrected chi connectivity index (χ2v) is 8.95. The number of methoxy groups -OCH3 is 1. The van der Waals surface area contributed by atoms with Crippen molar-refractivity contribution in [2.75, 3.05) is 7.11 Å². The second kappa shape index (κ2) is 13.1. The van der Waals surface area contributed by atoms with Crippen molar-refractivity contribution in [1.82, 2.24) is 10.3 Å². The van der Waals surface area contributed by atoms with Crippen molar-refractivity contribution in [3.63, 3.8) is 0 Å². The molecule has 0 saturated heterocycles. The average Bonchev–Trinajstić information content (AvgIpc) is 2.90. The number of carbonyl (C=O) groups excluding carboxylic acids is 3. The van der Waals surface area contributed by atoms with Crippen molar-refractivity contribution in [3.05, 3.63) is 93.4 Å². The minimum Gasteiger partial charge on any atom is -0.493 e. The van der Waals surface area contributed by atoms with Gasteiger partial charge in [0, 0.05) is 34.3 Å². The number of amides is 1. The van der Waals surface area contributed by atoms with E-state index in [9.17, 15) is 14.4 Å². The predicted molar refractivity (Wildman–Crippen MR) is 144 cm³/mol. The van der Waals surface area contributed by atoms with Crippen LogP contribution in [0.1, 0.15) is 48.8 Å². The third-order valence-corrected chi connectivity index (χ3v) is 5.88. The van der Waals surface area contributed by atoms with E-state index < -0.39 is 23.9 Å². The molecule has 1 atom stereocenters. The highest BCUT2D eigenvalue weighted by atomic mass is 35.5. The zero-order valence-corrected chi connectivity index (χ0v) is 22.7. The summed E-state index contributed by atoms with van der Waals surface area (Å²) in [4.78, 5) is 41.9. The van der Waals surface area contributed by atoms with E-state index in [-0.39, 0.29) is 23.6 Å². The molecule has 1 amide bonds. The third kappa shape index (κ3) is 7.12. The molecule has 1 N–H and O–H groups in total. The summed E-state index contributed by atoms with van der Waals surface area (Å²) in [5, 5.41) is 3.66. The lowest BCUT2D eigenvalue weighted by Crippen LogP contribution is -2.40. The smallest absolute Gasteiger partial charge is 0.333 e. The Morgan fingerprint density at radius 3 is 2.00 bits per heavy atom. The van der Waals surface area contributed by atoms with E-state index in [0.717, 1.165) is 11.1 Å². The van der Waals surface area contributed by atoms with E-state index in [0.29, 0.717) is 21.4 Å². The fourth-order valence-corrected chi connectivity index (χ4v) is 3.71. The number of hydrogen-bond acceptors (Lipinski definition) is 7. The number of ether oxygens (including phenoxy) is 3. The Hall–Kier alpha value is -3.88. The Morgan fingerprint density at radius 1 is 0.947 bits per heavy atom. The maximum absolute atomic E-state index is 13.0. The fourth-order valence-electron chi connectivity index (χ4n) is 3.46. The Balaban J connectivity index is 1.86. The average molecular weight is 557 g/mol. The van der Waals surface area contributed by atoms with Crippen molar-refractivity contribution in [2.45, 2.75) is 33.2 Å². The van der Waals surface area contributed by atoms with Gasteiger partial charge in [-0.25, -0.2) is 9.78 Å². The van der Waals surface area contributed by atoms with Gasteiger partial charge in [-0.1, -0.05) is 54.4 Å². The van der Waals surface area contributed by atoms with Crippen LogP contribution in [0.15, 0.2) is 66.6 Å². The summed E-state index contributed by atoms with van der Waals surface area (Å²) in [5.41, 5.74) is 1.97. The lowest BCUT2D eigenvalue weighted by Gasteiger charge is -2.18. The highest BCUT2D eigenvalue weighted by Crippen LogP contribution is 2.31. The standard InChI is InChI=1S/C28H26Cl2N2O6/c1-5-23(33)38-26-22(36-4)14-15-31-25(26)27(34)32-16(2)28(35)37-17(3)24(18-6-10-20(29)11-7-18)19-8-12-21(30)13-9-19/h6-16H,5H2,1-4H3,(H,32,34)/t16-/m0/s1. The molecule has 1 aromatic heterocycles. The van der Waals surface area contributed by atoms with Crippen LogP contribution < -0.4 is 14.8 Å². The van der Waals surface area contributed by atoms with E-state index in [2.05, 4.69) is 10.3 Å². The largest absolute Gasteiger partial charge is 0.493 e. The summed E-state index contributed by atoms with van der Waals surface area (Å²) in [6, 6.07) is 14.5. The molecule has 198 valence electrons. The lowest BCUT2D eigenvalue weighted by atomic mass is 9.97. The fraction of sp³-hybridized carbons (Fsp3) is 0.214. The van der Waals surface area contributed by atoms with Gasteiger partial charge in [-0.3, -0.25) is 9.59 Å². The number of pyridine rings is 1. The number of nitrogens with one attached hydrogen (secondary N) is 1. The van der Waals surface area contributed by atoms with Gasteiger partial charge in [0.2, 0.25) is 5.75 Å². The molecule has 0 spiro atoms. The third-order valence-electron chi connectivity index (χ3n) is 5.38. The van der Waals surface area contributed by atoms with E-state index in [1.165, 1.54) is 26.3 Å². The van der Waals surface area contributed by atoms with Gasteiger partial charge in [-0.2, -0.15) is 0 Å². The lowest BCUT2D eigenvalue weighted by molar-refractivity contribution is -0.141. The SMILES string of the molecule is CCC(=O)Oc1c(OC)ccnc1C(=O)N[C@@H](C)C(=O)OC(C)=C(c1ccc(Cl)cc1)c1ccc(Cl)cc1. The molecule has 10 heteroatoms. The van der Waals surface area contributed by atoms with Crippen LogP contribution in [0, 0.1) is 0 Å². The van der Waals surface area contributed by atoms with Crippen LogP contribution >= 0.6 is 23.2 Å². The number of carbonyl (C=O) groups is 3. The first-order valence-electron chi connectivity index (χ1n) is 11.6. The van der Waals surface area contributed by atoms with Crippen molar-refractivity contribution in [1.29, 1.82) is 0 Å². The quantitative estimate of drug-likeness (QED) is 0.260. The number of aromatic nitrogens is 1. The van der Waals surface area contributed by atoms with E-state index in [1.807, 2.05) is 24.3 Å². The Kier molecular flexibility index (Phi) is 9.87. The molecular formula is C28H26Cl2N2O6. The molecular weight excluding hydrogens is 531 g/mol. The van der Waals surface area contributed by atoms with Gasteiger partial charge in [0.1, 0.15) is 11.8 Å². The Morgan fingerprint density at radius 2 is 1.50 bits per heavy atom. The number of allylic oxidation sites excluding steroid dienone is 1. The first-order valence-corrected chi connectivity index (χ1v) is 12.4. The maximum Gasteiger partial charge on any atom is 0.333 e. The van der Waals surface area contributed by atoms with Gasteiger partial charge in [0.25, 0.3) is 5.91 Å². The molecule has 3 rings (SSSR count). The van der Waals surface area contributed by atoms with Gasteiger partial charge in [0.05, 0.1) is 7.11 Å². The van der Waals surface area contributed by atoms with E-state index in [1.54, 1.807) is 38.1 Å². The molecule has 0 bridgehead atoms. The van der Waals surface area contributed by atoms with Crippen LogP contribution in [0.3, 0.4) is 0 Å². The van der Waals surface area contributed by atoms with Crippen molar-refractivity contribution >= 4 is 46.6 Å². The monoisotopic (exact) mass is 556 g/mol. The van der Waals surface area contributed by atoms with Gasteiger partial charge in [-0.05, 0) is 49.2 Å². The van der Waals surface area contributed by atoms with Crippen LogP contribution in [-0.2, 0) is 14.3 Å². The normalized spacial score (nSPS) is 11.2. The summed E-state index contributed by atoms with van der Waals surface area (Å²) < 4.78 is 16.1. The first-order chi connectivity index (χ1) is 18.1. The van der Waals surface area contributed by atoms with Gasteiger partial charge in [-0.15, -0.1) is 0 Å². The topological polar surface area (TPSA) is 104 Å². The zero-order valence-electron chi connectivity index (χ0n) is 21.2. The number of esters is 2. The highest BCUT2D eigenvalue weighted by molar-refractivity contribution is 6.31. The molecule has 2 aromatic carbocycles. The summed E-state index contributed by atoms with van der Waals surface area (Å²) in [6.45, 7) is 4.73. The molecule has 38 heavy (non-hydrogen) atoms. The number of benzene rings is 2. The summed E-state index contributed by atoms with van der Waals surface area (Å²) in [7, 11) is 1.37. The second-order valence-electron chi connectivity index (χ2n) is 8.08. The number of hydrogen-bond donors (Lipinski definition) is 1. The van der Waals surface area contributed by atoms with Crippen LogP contribution in [0.5, 0.6) is 11.5 Å². The molecule has 0 aliphatic heterocycles. The van der Waals surface area contributed by atoms with Crippen LogP contribution in [0.25, 0.3) is 5.57 Å². The highest BCUT2D eigenvalue weighted by Gasteiger charge is 2.26. The number of nitrogens with zero attached hydrogens (tertiary/aromatic N) is 1. The summed E-state index contributed by atoms with van der Waals surface area (Å²) >= 11 is 12.1. The minimum atomic E-state index is -1.07. The predicted octanol–water partition coefficient (Wildman–Crippen LogP) is 5.85. The number of halogens is 2. The summed E-state index contributed by atoms with van der Waals surface area (Å²) in [5.74, 6) is -1.72. The van der Waals surface area contributed by atoms with Crippen LogP contribution in [0.2, 0.25) is 10.0 Å². The molecule has 0 saturated carbocycles. The Labute approximate surface area is 230 Å². The van der Waals surface area contributed by atoms with Crippen LogP contribution in [-0.4, -0.2) is 36.0 Å². The van der Waals surface area contributed by atoms with E-state index >= 15 is 0 Å². The number of rotatable bonds is 9. The zero-order chi connectivity index (χ0) is 27.8. The minimum absolute atomic E-state index is 0.0804. The molecule has 0 fully saturated rings. The van der Waals surface area contributed by atoms with Crippen LogP contribution in [0.4, 0.5) is 0 Å². The van der Waals surface area contributed by atoms with Crippen molar-refractivity contribution in [2.24, 2.45) is 0 Å². The summed E-state index contributed by atoms with van der Waals surface area (Å²) in [6.07, 6.45) is 1.41. The molecule has 1 heterocycles. The van der Waals surface area contributed by atoms with Crippen molar-refractivity contribution < 1.29 is 28.6 Å². The van der Waals surface area contributed by atoms with Gasteiger partial charge >= 0.3 is 11.9 Å². The molecule has 0 radical (unpaired) electrons. The molecule has 0 aliphatic rings. The first kappa shape index (κ1) is 28.7. The van der Waals surface area contributed by atoms with Crippen molar-refractivity contribution in [3.8, 4) is 11.5 Å². The molecule has 3 aromatic rings. The molecule has 0 unspecified atom stereocenters. The van der Waals surface area contributed by atoms with E-state index in [4.69, 9.17) is 37.4 Å². The Bertz CT molecular complexity index is 1310. The molecule has 8 nitrogen and oxygen atoms in total. The van der Waals surface area contributed by atoms with Gasteiger partial charge in [0.15, 0.2) is 11.4 Å². The van der Waals surface area contributed by atoms with Gasteiger partial charge < -0.3 is 19.5 Å². The maximum atomic E-state index is 13.0.